The SMILES string of the molecule is Cc1cc(C)c(CO)c(Oc2ccc(Br)cc2Br)n1. The molecular formula is C14H13Br2NO2. The van der Waals surface area contributed by atoms with E-state index in [2.05, 4.69) is 36.8 Å². The zero-order valence-corrected chi connectivity index (χ0v) is 13.7. The highest BCUT2D eigenvalue weighted by Crippen LogP contribution is 2.33. The molecule has 0 unspecified atom stereocenters. The lowest BCUT2D eigenvalue weighted by Crippen LogP contribution is -2.00. The average Bonchev–Trinajstić information content (AvgIpc) is 2.32. The van der Waals surface area contributed by atoms with Gasteiger partial charge in [0.25, 0.3) is 0 Å². The first kappa shape index (κ1) is 14.5. The molecule has 0 atom stereocenters. The van der Waals surface area contributed by atoms with Crippen LogP contribution in [-0.4, -0.2) is 10.1 Å². The number of hydrogen-bond acceptors (Lipinski definition) is 3. The van der Waals surface area contributed by atoms with Crippen molar-refractivity contribution in [3.05, 3.63) is 50.0 Å². The van der Waals surface area contributed by atoms with Crippen molar-refractivity contribution >= 4 is 31.9 Å². The predicted octanol–water partition coefficient (Wildman–Crippen LogP) is 4.51. The van der Waals surface area contributed by atoms with Crippen LogP contribution >= 0.6 is 31.9 Å². The first-order valence-corrected chi connectivity index (χ1v) is 7.30. The number of halogens is 2. The van der Waals surface area contributed by atoms with E-state index in [0.717, 1.165) is 20.2 Å². The maximum atomic E-state index is 9.44. The molecule has 1 aromatic carbocycles. The Kier molecular flexibility index (Phi) is 4.60. The Bertz CT molecular complexity index is 615. The highest BCUT2D eigenvalue weighted by molar-refractivity contribution is 9.11. The molecule has 0 amide bonds. The second-order valence-electron chi connectivity index (χ2n) is 4.20. The Labute approximate surface area is 128 Å². The smallest absolute Gasteiger partial charge is 0.225 e. The van der Waals surface area contributed by atoms with Crippen LogP contribution in [0.15, 0.2) is 33.2 Å². The van der Waals surface area contributed by atoms with Crippen molar-refractivity contribution in [1.29, 1.82) is 0 Å². The maximum Gasteiger partial charge on any atom is 0.225 e. The third-order valence-corrected chi connectivity index (χ3v) is 3.81. The van der Waals surface area contributed by atoms with Gasteiger partial charge in [0.2, 0.25) is 5.88 Å². The molecule has 0 spiro atoms. The molecule has 0 radical (unpaired) electrons. The fourth-order valence-corrected chi connectivity index (χ4v) is 2.90. The lowest BCUT2D eigenvalue weighted by molar-refractivity contribution is 0.274. The van der Waals surface area contributed by atoms with Crippen molar-refractivity contribution in [2.75, 3.05) is 0 Å². The van der Waals surface area contributed by atoms with Gasteiger partial charge in [-0.1, -0.05) is 15.9 Å². The van der Waals surface area contributed by atoms with E-state index in [-0.39, 0.29) is 6.61 Å². The van der Waals surface area contributed by atoms with E-state index in [1.54, 1.807) is 0 Å². The number of ether oxygens (including phenoxy) is 1. The summed E-state index contributed by atoms with van der Waals surface area (Å²) in [5, 5.41) is 9.44. The number of benzene rings is 1. The Morgan fingerprint density at radius 3 is 2.58 bits per heavy atom. The number of aliphatic hydroxyl groups is 1. The van der Waals surface area contributed by atoms with Crippen LogP contribution in [-0.2, 0) is 6.61 Å². The summed E-state index contributed by atoms with van der Waals surface area (Å²) >= 11 is 6.83. The standard InChI is InChI=1S/C14H13Br2NO2/c1-8-5-9(2)17-14(11(8)7-18)19-13-4-3-10(15)6-12(13)16/h3-6,18H,7H2,1-2H3. The molecule has 0 bridgehead atoms. The molecule has 1 aromatic heterocycles. The van der Waals surface area contributed by atoms with Crippen LogP contribution in [0.1, 0.15) is 16.8 Å². The van der Waals surface area contributed by atoms with Crippen LogP contribution in [0, 0.1) is 13.8 Å². The van der Waals surface area contributed by atoms with Gasteiger partial charge in [0.15, 0.2) is 0 Å². The third kappa shape index (κ3) is 3.35. The summed E-state index contributed by atoms with van der Waals surface area (Å²) in [4.78, 5) is 4.35. The fraction of sp³-hybridized carbons (Fsp3) is 0.214. The van der Waals surface area contributed by atoms with Gasteiger partial charge in [-0.05, 0) is 59.6 Å². The van der Waals surface area contributed by atoms with Gasteiger partial charge in [-0.3, -0.25) is 0 Å². The second kappa shape index (κ2) is 6.03. The fourth-order valence-electron chi connectivity index (χ4n) is 1.77. The Morgan fingerprint density at radius 1 is 1.21 bits per heavy atom. The van der Waals surface area contributed by atoms with Gasteiger partial charge in [0.05, 0.1) is 11.1 Å². The van der Waals surface area contributed by atoms with Gasteiger partial charge in [-0.2, -0.15) is 0 Å². The molecule has 2 aromatic rings. The molecule has 1 heterocycles. The van der Waals surface area contributed by atoms with E-state index in [1.807, 2.05) is 38.1 Å². The first-order chi connectivity index (χ1) is 9.01. The summed E-state index contributed by atoms with van der Waals surface area (Å²) in [6.45, 7) is 3.74. The Balaban J connectivity index is 2.42. The highest BCUT2D eigenvalue weighted by Gasteiger charge is 2.12. The van der Waals surface area contributed by atoms with Crippen molar-refractivity contribution < 1.29 is 9.84 Å². The van der Waals surface area contributed by atoms with E-state index < -0.39 is 0 Å². The number of aliphatic hydroxyl groups excluding tert-OH is 1. The third-order valence-electron chi connectivity index (χ3n) is 2.70. The summed E-state index contributed by atoms with van der Waals surface area (Å²) in [7, 11) is 0. The Hall–Kier alpha value is -0.910. The predicted molar refractivity (Wildman–Crippen MR) is 81.5 cm³/mol. The second-order valence-corrected chi connectivity index (χ2v) is 5.97. The lowest BCUT2D eigenvalue weighted by Gasteiger charge is -2.13. The summed E-state index contributed by atoms with van der Waals surface area (Å²) in [5.41, 5.74) is 2.54. The van der Waals surface area contributed by atoms with Crippen LogP contribution in [0.3, 0.4) is 0 Å². The molecule has 0 aliphatic heterocycles. The van der Waals surface area contributed by atoms with Gasteiger partial charge in [0.1, 0.15) is 5.75 Å². The lowest BCUT2D eigenvalue weighted by atomic mass is 10.1. The van der Waals surface area contributed by atoms with E-state index >= 15 is 0 Å². The van der Waals surface area contributed by atoms with Gasteiger partial charge < -0.3 is 9.84 Å². The molecule has 0 saturated heterocycles. The molecular weight excluding hydrogens is 374 g/mol. The van der Waals surface area contributed by atoms with Gasteiger partial charge in [0, 0.05) is 15.7 Å². The largest absolute Gasteiger partial charge is 0.437 e. The zero-order valence-electron chi connectivity index (χ0n) is 10.6. The van der Waals surface area contributed by atoms with Crippen LogP contribution in [0.2, 0.25) is 0 Å². The number of aromatic nitrogens is 1. The monoisotopic (exact) mass is 385 g/mol. The van der Waals surface area contributed by atoms with E-state index in [0.29, 0.717) is 17.2 Å². The molecule has 0 fully saturated rings. The normalized spacial score (nSPS) is 10.6. The van der Waals surface area contributed by atoms with Crippen molar-refractivity contribution in [2.24, 2.45) is 0 Å². The quantitative estimate of drug-likeness (QED) is 0.843. The van der Waals surface area contributed by atoms with Gasteiger partial charge >= 0.3 is 0 Å². The molecule has 0 aliphatic carbocycles. The maximum absolute atomic E-state index is 9.44. The van der Waals surface area contributed by atoms with Crippen molar-refractivity contribution in [3.8, 4) is 11.6 Å². The minimum Gasteiger partial charge on any atom is -0.437 e. The van der Waals surface area contributed by atoms with Crippen LogP contribution in [0.4, 0.5) is 0 Å². The number of rotatable bonds is 3. The van der Waals surface area contributed by atoms with Gasteiger partial charge in [-0.25, -0.2) is 4.98 Å². The van der Waals surface area contributed by atoms with E-state index in [9.17, 15) is 5.11 Å². The Morgan fingerprint density at radius 2 is 1.95 bits per heavy atom. The summed E-state index contributed by atoms with van der Waals surface area (Å²) in [6, 6.07) is 7.56. The zero-order chi connectivity index (χ0) is 14.0. The van der Waals surface area contributed by atoms with Crippen LogP contribution in [0.5, 0.6) is 11.6 Å². The topological polar surface area (TPSA) is 42.4 Å². The van der Waals surface area contributed by atoms with Crippen molar-refractivity contribution in [3.63, 3.8) is 0 Å². The number of hydrogen-bond donors (Lipinski definition) is 1. The summed E-state index contributed by atoms with van der Waals surface area (Å²) in [6.07, 6.45) is 0. The van der Waals surface area contributed by atoms with Crippen LogP contribution in [0.25, 0.3) is 0 Å². The minimum atomic E-state index is -0.0946. The molecule has 19 heavy (non-hydrogen) atoms. The van der Waals surface area contributed by atoms with Crippen molar-refractivity contribution in [2.45, 2.75) is 20.5 Å². The van der Waals surface area contributed by atoms with E-state index in [1.165, 1.54) is 0 Å². The van der Waals surface area contributed by atoms with Crippen molar-refractivity contribution in [1.82, 2.24) is 4.98 Å². The van der Waals surface area contributed by atoms with Crippen LogP contribution < -0.4 is 4.74 Å². The average molecular weight is 387 g/mol. The molecule has 100 valence electrons. The van der Waals surface area contributed by atoms with Gasteiger partial charge in [-0.15, -0.1) is 0 Å². The number of aryl methyl sites for hydroxylation is 2. The molecule has 3 nitrogen and oxygen atoms in total. The minimum absolute atomic E-state index is 0.0946. The highest BCUT2D eigenvalue weighted by atomic mass is 79.9. The molecule has 1 N–H and O–H groups in total. The first-order valence-electron chi connectivity index (χ1n) is 5.72. The number of nitrogens with zero attached hydrogens (tertiary/aromatic N) is 1. The summed E-state index contributed by atoms with van der Waals surface area (Å²) in [5.74, 6) is 1.11. The molecule has 0 aliphatic rings. The summed E-state index contributed by atoms with van der Waals surface area (Å²) < 4.78 is 7.60. The molecule has 0 saturated carbocycles. The van der Waals surface area contributed by atoms with E-state index in [4.69, 9.17) is 4.74 Å². The number of pyridine rings is 1. The molecule has 2 rings (SSSR count). The molecule has 5 heteroatoms.